The van der Waals surface area contributed by atoms with Gasteiger partial charge in [0.15, 0.2) is 0 Å². The number of fused-ring (bicyclic) bond motifs is 1. The van der Waals surface area contributed by atoms with E-state index in [1.165, 1.54) is 0 Å². The van der Waals surface area contributed by atoms with Crippen LogP contribution >= 0.6 is 0 Å². The van der Waals surface area contributed by atoms with Crippen LogP contribution in [0.4, 0.5) is 5.69 Å². The molecule has 32 heavy (non-hydrogen) atoms. The van der Waals surface area contributed by atoms with Crippen molar-refractivity contribution in [2.75, 3.05) is 11.4 Å². The molecule has 1 aliphatic heterocycles. The van der Waals surface area contributed by atoms with Crippen LogP contribution in [0.2, 0.25) is 0 Å². The van der Waals surface area contributed by atoms with Crippen LogP contribution in [0.1, 0.15) is 47.1 Å². The second-order valence-electron chi connectivity index (χ2n) is 9.55. The molecule has 0 saturated carbocycles. The topological polar surface area (TPSA) is 96.6 Å². The van der Waals surface area contributed by atoms with Gasteiger partial charge in [0.2, 0.25) is 0 Å². The number of nitrogens with one attached hydrogen (secondary N) is 1. The van der Waals surface area contributed by atoms with Gasteiger partial charge in [-0.2, -0.15) is 0 Å². The lowest BCUT2D eigenvalue weighted by molar-refractivity contribution is 0.194. The van der Waals surface area contributed by atoms with E-state index in [4.69, 9.17) is 17.4 Å². The quantitative estimate of drug-likeness (QED) is 0.361. The van der Waals surface area contributed by atoms with Crippen molar-refractivity contribution >= 4 is 11.4 Å². The third-order valence-electron chi connectivity index (χ3n) is 6.91. The Balaban J connectivity index is 2.89. The Morgan fingerprint density at radius 1 is 1.16 bits per heavy atom. The average molecular weight is 437 g/mol. The van der Waals surface area contributed by atoms with Crippen molar-refractivity contribution in [3.8, 4) is 0 Å². The fourth-order valence-corrected chi connectivity index (χ4v) is 3.76. The molecule has 0 bridgehead atoms. The maximum Gasteiger partial charge on any atom is 0.0832 e. The summed E-state index contributed by atoms with van der Waals surface area (Å²) in [6.07, 6.45) is 3.64. The van der Waals surface area contributed by atoms with Crippen LogP contribution in [0.15, 0.2) is 78.7 Å². The lowest BCUT2D eigenvalue weighted by Crippen LogP contribution is -2.57. The van der Waals surface area contributed by atoms with Crippen LogP contribution in [0.25, 0.3) is 5.70 Å². The maximum absolute atomic E-state index is 6.82. The molecule has 6 heteroatoms. The highest BCUT2D eigenvalue weighted by molar-refractivity contribution is 5.82. The molecule has 1 aromatic rings. The molecule has 1 aromatic carbocycles. The molecule has 0 spiro atoms. The Labute approximate surface area is 193 Å². The molecule has 2 rings (SSSR count). The van der Waals surface area contributed by atoms with Crippen LogP contribution < -0.4 is 27.7 Å². The van der Waals surface area contributed by atoms with Gasteiger partial charge in [0.1, 0.15) is 0 Å². The van der Waals surface area contributed by atoms with Gasteiger partial charge in [0, 0.05) is 40.4 Å². The monoisotopic (exact) mass is 436 g/mol. The van der Waals surface area contributed by atoms with Crippen LogP contribution in [-0.4, -0.2) is 23.1 Å². The highest BCUT2D eigenvalue weighted by atomic mass is 15.4. The minimum Gasteiger partial charge on any atom is -0.396 e. The van der Waals surface area contributed by atoms with Gasteiger partial charge in [-0.3, -0.25) is 11.3 Å². The Morgan fingerprint density at radius 2 is 1.75 bits per heavy atom. The Morgan fingerprint density at radius 3 is 2.25 bits per heavy atom. The first-order valence-electron chi connectivity index (χ1n) is 10.9. The standard InChI is InChI=1S/C26H40N6/c1-10-19-16-31(18(5)25(6,7)26(8,9)30-28)22-15-13-12-14-21(22)23(27)24(20(19)11-2)32(29)17(3)4/h10-15,17,30H,1-2,5,16,27-29H2,3-4,6-9H3/b20-19-,24-23-. The van der Waals surface area contributed by atoms with Gasteiger partial charge in [-0.05, 0) is 39.3 Å². The Hall–Kier alpha value is -2.80. The fraction of sp³-hybridized carbons (Fsp3) is 0.385. The molecule has 1 aliphatic rings. The lowest BCUT2D eigenvalue weighted by atomic mass is 9.72. The second kappa shape index (κ2) is 9.36. The number of nitrogens with two attached hydrogens (primary N) is 3. The van der Waals surface area contributed by atoms with Gasteiger partial charge in [-0.1, -0.05) is 63.9 Å². The second-order valence-corrected chi connectivity index (χ2v) is 9.55. The third-order valence-corrected chi connectivity index (χ3v) is 6.91. The van der Waals surface area contributed by atoms with E-state index in [9.17, 15) is 0 Å². The fourth-order valence-electron chi connectivity index (χ4n) is 3.76. The van der Waals surface area contributed by atoms with E-state index in [0.717, 1.165) is 33.8 Å². The van der Waals surface area contributed by atoms with E-state index in [2.05, 4.69) is 63.8 Å². The van der Waals surface area contributed by atoms with Gasteiger partial charge in [0.25, 0.3) is 0 Å². The SMILES string of the molecule is C=C/C1=C(C=C)/C(N(N)C(C)C)=C(/N)c2ccccc2N(C(=C)C(C)(C)C(C)(C)NN)C1. The smallest absolute Gasteiger partial charge is 0.0832 e. The van der Waals surface area contributed by atoms with Gasteiger partial charge < -0.3 is 15.6 Å². The Bertz CT molecular complexity index is 964. The number of rotatable bonds is 8. The molecule has 0 unspecified atom stereocenters. The number of hydrogen-bond donors (Lipinski definition) is 4. The molecule has 0 saturated heterocycles. The van der Waals surface area contributed by atoms with E-state index in [1.807, 2.05) is 38.1 Å². The van der Waals surface area contributed by atoms with Crippen molar-refractivity contribution in [2.45, 2.75) is 53.1 Å². The van der Waals surface area contributed by atoms with Crippen molar-refractivity contribution in [1.82, 2.24) is 10.4 Å². The van der Waals surface area contributed by atoms with Gasteiger partial charge >= 0.3 is 0 Å². The van der Waals surface area contributed by atoms with Crippen molar-refractivity contribution in [3.05, 3.63) is 84.3 Å². The highest BCUT2D eigenvalue weighted by Gasteiger charge is 2.42. The van der Waals surface area contributed by atoms with Crippen molar-refractivity contribution in [1.29, 1.82) is 0 Å². The summed E-state index contributed by atoms with van der Waals surface area (Å²) in [5, 5.41) is 1.70. The molecule has 1 heterocycles. The molecular formula is C26H40N6. The molecule has 0 fully saturated rings. The van der Waals surface area contributed by atoms with E-state index in [1.54, 1.807) is 11.1 Å². The zero-order valence-corrected chi connectivity index (χ0v) is 20.5. The summed E-state index contributed by atoms with van der Waals surface area (Å²) in [7, 11) is 0. The molecular weight excluding hydrogens is 396 g/mol. The molecule has 0 aliphatic carbocycles. The van der Waals surface area contributed by atoms with Crippen molar-refractivity contribution in [3.63, 3.8) is 0 Å². The number of hydrogen-bond acceptors (Lipinski definition) is 6. The summed E-state index contributed by atoms with van der Waals surface area (Å²) in [5.74, 6) is 12.4. The summed E-state index contributed by atoms with van der Waals surface area (Å²) in [6, 6.07) is 8.08. The van der Waals surface area contributed by atoms with Crippen LogP contribution in [0, 0.1) is 5.41 Å². The molecule has 7 N–H and O–H groups in total. The predicted octanol–water partition coefficient (Wildman–Crippen LogP) is 4.17. The van der Waals surface area contributed by atoms with E-state index < -0.39 is 11.0 Å². The number of allylic oxidation sites excluding steroid dienone is 1. The number of nitrogens with zero attached hydrogens (tertiary/aromatic N) is 2. The molecule has 0 aromatic heterocycles. The normalized spacial score (nSPS) is 19.8. The van der Waals surface area contributed by atoms with E-state index >= 15 is 0 Å². The average Bonchev–Trinajstić information content (AvgIpc) is 2.76. The third kappa shape index (κ3) is 4.26. The van der Waals surface area contributed by atoms with Crippen LogP contribution in [-0.2, 0) is 0 Å². The number of anilines is 1. The first kappa shape index (κ1) is 25.5. The van der Waals surface area contributed by atoms with Gasteiger partial charge in [0.05, 0.1) is 17.1 Å². The van der Waals surface area contributed by atoms with E-state index in [0.29, 0.717) is 12.2 Å². The summed E-state index contributed by atoms with van der Waals surface area (Å²) in [4.78, 5) is 2.19. The molecule has 0 radical (unpaired) electrons. The van der Waals surface area contributed by atoms with Gasteiger partial charge in [-0.15, -0.1) is 0 Å². The van der Waals surface area contributed by atoms with Crippen molar-refractivity contribution in [2.24, 2.45) is 22.8 Å². The number of para-hydroxylation sites is 1. The predicted molar refractivity (Wildman–Crippen MR) is 138 cm³/mol. The zero-order chi connectivity index (χ0) is 24.4. The first-order chi connectivity index (χ1) is 14.8. The minimum atomic E-state index is -0.418. The molecule has 174 valence electrons. The Kier molecular flexibility index (Phi) is 7.45. The largest absolute Gasteiger partial charge is 0.396 e. The zero-order valence-electron chi connectivity index (χ0n) is 20.5. The summed E-state index contributed by atoms with van der Waals surface area (Å²) in [6.45, 7) is 25.6. The maximum atomic E-state index is 6.82. The number of hydrazine groups is 2. The van der Waals surface area contributed by atoms with E-state index in [-0.39, 0.29) is 6.04 Å². The molecule has 0 atom stereocenters. The molecule has 6 nitrogen and oxygen atoms in total. The lowest BCUT2D eigenvalue weighted by Gasteiger charge is -2.47. The summed E-state index contributed by atoms with van der Waals surface area (Å²) >= 11 is 0. The van der Waals surface area contributed by atoms with Crippen LogP contribution in [0.5, 0.6) is 0 Å². The highest BCUT2D eigenvalue weighted by Crippen LogP contribution is 2.43. The van der Waals surface area contributed by atoms with Crippen LogP contribution in [0.3, 0.4) is 0 Å². The molecule has 0 amide bonds. The summed E-state index contributed by atoms with van der Waals surface area (Å²) < 4.78 is 0. The van der Waals surface area contributed by atoms with Gasteiger partial charge in [-0.25, -0.2) is 5.84 Å². The summed E-state index contributed by atoms with van der Waals surface area (Å²) in [5.41, 5.74) is 14.8. The minimum absolute atomic E-state index is 0.0394. The van der Waals surface area contributed by atoms with Crippen molar-refractivity contribution < 1.29 is 0 Å². The number of benzene rings is 1. The first-order valence-corrected chi connectivity index (χ1v) is 10.9.